The second-order valence-electron chi connectivity index (χ2n) is 6.59. The van der Waals surface area contributed by atoms with Crippen molar-refractivity contribution in [3.05, 3.63) is 54.6 Å². The summed E-state index contributed by atoms with van der Waals surface area (Å²) in [6, 6.07) is 12.4. The van der Waals surface area contributed by atoms with Crippen molar-refractivity contribution < 1.29 is 22.7 Å². The van der Waals surface area contributed by atoms with Crippen LogP contribution < -0.4 is 15.0 Å². The first-order chi connectivity index (χ1) is 13.4. The van der Waals surface area contributed by atoms with Crippen LogP contribution in [0, 0.1) is 0 Å². The summed E-state index contributed by atoms with van der Waals surface area (Å²) in [4.78, 5) is 26.9. The molecule has 2 saturated heterocycles. The number of carbonyl (C=O) groups is 2. The Bertz CT molecular complexity index is 1020. The van der Waals surface area contributed by atoms with E-state index in [-0.39, 0.29) is 11.4 Å². The first kappa shape index (κ1) is 18.5. The van der Waals surface area contributed by atoms with Gasteiger partial charge >= 0.3 is 6.03 Å². The van der Waals surface area contributed by atoms with Crippen LogP contribution in [0.25, 0.3) is 0 Å². The zero-order chi connectivity index (χ0) is 19.9. The fraction of sp³-hybridized carbons (Fsp3) is 0.263. The van der Waals surface area contributed by atoms with Crippen molar-refractivity contribution >= 4 is 27.6 Å². The number of nitrogens with one attached hydrogen (secondary N) is 1. The van der Waals surface area contributed by atoms with Crippen LogP contribution in [0.3, 0.4) is 0 Å². The Morgan fingerprint density at radius 3 is 2.54 bits per heavy atom. The van der Waals surface area contributed by atoms with Gasteiger partial charge in [0.25, 0.3) is 5.91 Å². The summed E-state index contributed by atoms with van der Waals surface area (Å²) in [6.45, 7) is 0.157. The van der Waals surface area contributed by atoms with Crippen molar-refractivity contribution in [2.75, 3.05) is 18.6 Å². The van der Waals surface area contributed by atoms with E-state index in [9.17, 15) is 18.0 Å². The third-order valence-corrected chi connectivity index (χ3v) is 6.89. The van der Waals surface area contributed by atoms with Gasteiger partial charge in [-0.2, -0.15) is 4.31 Å². The number of fused-ring (bicyclic) bond motifs is 1. The molecule has 146 valence electrons. The highest BCUT2D eigenvalue weighted by molar-refractivity contribution is 7.89. The number of sulfonamides is 1. The van der Waals surface area contributed by atoms with E-state index in [1.807, 2.05) is 0 Å². The second-order valence-corrected chi connectivity index (χ2v) is 8.48. The van der Waals surface area contributed by atoms with Gasteiger partial charge in [0.1, 0.15) is 11.8 Å². The minimum Gasteiger partial charge on any atom is -0.497 e. The number of methoxy groups -OCH3 is 1. The molecular formula is C19H19N3O5S. The van der Waals surface area contributed by atoms with E-state index in [0.717, 1.165) is 4.90 Å². The molecule has 0 radical (unpaired) electrons. The molecule has 2 aliphatic rings. The molecule has 1 N–H and O–H groups in total. The monoisotopic (exact) mass is 401 g/mol. The normalized spacial score (nSPS) is 22.7. The number of rotatable bonds is 4. The smallest absolute Gasteiger partial charge is 0.329 e. The van der Waals surface area contributed by atoms with Crippen molar-refractivity contribution in [3.63, 3.8) is 0 Å². The molecule has 4 rings (SSSR count). The van der Waals surface area contributed by atoms with Crippen LogP contribution in [0.15, 0.2) is 59.5 Å². The number of ether oxygens (including phenoxy) is 1. The topological polar surface area (TPSA) is 96.0 Å². The Labute approximate surface area is 162 Å². The Morgan fingerprint density at radius 2 is 1.82 bits per heavy atom. The van der Waals surface area contributed by atoms with E-state index in [4.69, 9.17) is 4.74 Å². The van der Waals surface area contributed by atoms with E-state index < -0.39 is 34.0 Å². The molecule has 2 unspecified atom stereocenters. The molecule has 2 atom stereocenters. The third kappa shape index (κ3) is 2.92. The largest absolute Gasteiger partial charge is 0.497 e. The molecule has 2 heterocycles. The lowest BCUT2D eigenvalue weighted by molar-refractivity contribution is -0.122. The van der Waals surface area contributed by atoms with Crippen molar-refractivity contribution in [1.82, 2.24) is 9.62 Å². The zero-order valence-electron chi connectivity index (χ0n) is 15.1. The highest BCUT2D eigenvalue weighted by Gasteiger charge is 2.52. The molecule has 8 nitrogen and oxygen atoms in total. The summed E-state index contributed by atoms with van der Waals surface area (Å²) in [6.07, 6.45) is 0.375. The van der Waals surface area contributed by atoms with Gasteiger partial charge in [0.05, 0.1) is 23.7 Å². The molecule has 0 aliphatic carbocycles. The molecule has 0 aromatic heterocycles. The number of carbonyl (C=O) groups excluding carboxylic acids is 2. The Kier molecular flexibility index (Phi) is 4.56. The van der Waals surface area contributed by atoms with Crippen molar-refractivity contribution in [3.8, 4) is 5.75 Å². The van der Waals surface area contributed by atoms with Crippen LogP contribution in [0.1, 0.15) is 6.42 Å². The van der Waals surface area contributed by atoms with Gasteiger partial charge in [0, 0.05) is 12.6 Å². The number of hydrogen-bond donors (Lipinski definition) is 1. The van der Waals surface area contributed by atoms with Crippen LogP contribution in [0.5, 0.6) is 5.75 Å². The number of urea groups is 1. The number of benzene rings is 2. The molecule has 3 amide bonds. The fourth-order valence-electron chi connectivity index (χ4n) is 3.66. The van der Waals surface area contributed by atoms with Crippen LogP contribution in [0.2, 0.25) is 0 Å². The molecule has 2 aromatic rings. The summed E-state index contributed by atoms with van der Waals surface area (Å²) in [5, 5.41) is 2.77. The Hall–Kier alpha value is -2.91. The van der Waals surface area contributed by atoms with Gasteiger partial charge in [-0.1, -0.05) is 24.3 Å². The van der Waals surface area contributed by atoms with E-state index >= 15 is 0 Å². The van der Waals surface area contributed by atoms with E-state index in [0.29, 0.717) is 17.9 Å². The molecule has 0 bridgehead atoms. The van der Waals surface area contributed by atoms with E-state index in [1.165, 1.54) is 23.5 Å². The van der Waals surface area contributed by atoms with Gasteiger partial charge in [-0.05, 0) is 30.7 Å². The van der Waals surface area contributed by atoms with Gasteiger partial charge in [-0.15, -0.1) is 0 Å². The first-order valence-electron chi connectivity index (χ1n) is 8.79. The maximum absolute atomic E-state index is 13.2. The Balaban J connectivity index is 1.71. The lowest BCUT2D eigenvalue weighted by Gasteiger charge is -2.36. The van der Waals surface area contributed by atoms with Gasteiger partial charge in [0.15, 0.2) is 0 Å². The first-order valence-corrected chi connectivity index (χ1v) is 10.2. The van der Waals surface area contributed by atoms with Crippen LogP contribution in [-0.4, -0.2) is 50.4 Å². The molecule has 2 aliphatic heterocycles. The summed E-state index contributed by atoms with van der Waals surface area (Å²) in [7, 11) is -2.38. The lowest BCUT2D eigenvalue weighted by atomic mass is 10.1. The van der Waals surface area contributed by atoms with Gasteiger partial charge in [-0.3, -0.25) is 4.79 Å². The third-order valence-electron chi connectivity index (χ3n) is 5.00. The molecule has 28 heavy (non-hydrogen) atoms. The number of anilines is 1. The number of amides is 3. The predicted molar refractivity (Wildman–Crippen MR) is 102 cm³/mol. The average molecular weight is 401 g/mol. The van der Waals surface area contributed by atoms with Crippen molar-refractivity contribution in [1.29, 1.82) is 0 Å². The second kappa shape index (κ2) is 6.92. The molecule has 0 spiro atoms. The maximum atomic E-state index is 13.2. The molecule has 0 saturated carbocycles. The van der Waals surface area contributed by atoms with Crippen molar-refractivity contribution in [2.45, 2.75) is 23.4 Å². The number of imide groups is 1. The number of hydrogen-bond acceptors (Lipinski definition) is 5. The van der Waals surface area contributed by atoms with Crippen LogP contribution >= 0.6 is 0 Å². The van der Waals surface area contributed by atoms with E-state index in [2.05, 4.69) is 5.32 Å². The highest BCUT2D eigenvalue weighted by atomic mass is 32.2. The molecule has 2 aromatic carbocycles. The van der Waals surface area contributed by atoms with Gasteiger partial charge in [-0.25, -0.2) is 18.1 Å². The SMILES string of the molecule is COc1cccc(N2C(=O)NC3CCN(S(=O)(=O)c4ccccc4)C3C2=O)c1. The zero-order valence-corrected chi connectivity index (χ0v) is 15.9. The summed E-state index contributed by atoms with van der Waals surface area (Å²) < 4.78 is 32.5. The fourth-order valence-corrected chi connectivity index (χ4v) is 5.31. The van der Waals surface area contributed by atoms with Gasteiger partial charge < -0.3 is 10.1 Å². The molecule has 9 heteroatoms. The minimum atomic E-state index is -3.87. The molecular weight excluding hydrogens is 382 g/mol. The summed E-state index contributed by atoms with van der Waals surface area (Å²) in [5.41, 5.74) is 0.323. The van der Waals surface area contributed by atoms with Crippen molar-refractivity contribution in [2.24, 2.45) is 0 Å². The Morgan fingerprint density at radius 1 is 1.07 bits per heavy atom. The number of nitrogens with zero attached hydrogens (tertiary/aromatic N) is 2. The maximum Gasteiger partial charge on any atom is 0.329 e. The quantitative estimate of drug-likeness (QED) is 0.839. The summed E-state index contributed by atoms with van der Waals surface area (Å²) >= 11 is 0. The lowest BCUT2D eigenvalue weighted by Crippen LogP contribution is -2.64. The van der Waals surface area contributed by atoms with E-state index in [1.54, 1.807) is 42.5 Å². The predicted octanol–water partition coefficient (Wildman–Crippen LogP) is 1.58. The van der Waals surface area contributed by atoms with Crippen LogP contribution in [-0.2, 0) is 14.8 Å². The standard InChI is InChI=1S/C19H19N3O5S/c1-27-14-7-5-6-13(12-14)22-18(23)17-16(20-19(22)24)10-11-21(17)28(25,26)15-8-3-2-4-9-15/h2-9,12,16-17H,10-11H2,1H3,(H,20,24). The highest BCUT2D eigenvalue weighted by Crippen LogP contribution is 2.32. The average Bonchev–Trinajstić information content (AvgIpc) is 3.14. The molecule has 2 fully saturated rings. The van der Waals surface area contributed by atoms with Crippen LogP contribution in [0.4, 0.5) is 10.5 Å². The summed E-state index contributed by atoms with van der Waals surface area (Å²) in [5.74, 6) is -0.0839. The minimum absolute atomic E-state index is 0.119. The van der Waals surface area contributed by atoms with Gasteiger partial charge in [0.2, 0.25) is 10.0 Å².